The Morgan fingerprint density at radius 1 is 1.24 bits per heavy atom. The van der Waals surface area contributed by atoms with Gasteiger partial charge in [0.1, 0.15) is 0 Å². The van der Waals surface area contributed by atoms with Crippen LogP contribution in [0.2, 0.25) is 10.0 Å². The standard InChI is InChI=1S/C12H8Cl2FNO/c13-9-1-2-10(11(14)4-9)7-3-8(6-17)12(15)16-5-7/h1-5,17H,6H2. The van der Waals surface area contributed by atoms with Crippen molar-refractivity contribution in [3.05, 3.63) is 52.0 Å². The van der Waals surface area contributed by atoms with Gasteiger partial charge in [-0.25, -0.2) is 4.98 Å². The summed E-state index contributed by atoms with van der Waals surface area (Å²) in [7, 11) is 0. The summed E-state index contributed by atoms with van der Waals surface area (Å²) in [6.45, 7) is -0.405. The molecule has 5 heteroatoms. The van der Waals surface area contributed by atoms with Crippen molar-refractivity contribution in [3.8, 4) is 11.1 Å². The van der Waals surface area contributed by atoms with E-state index < -0.39 is 12.6 Å². The SMILES string of the molecule is OCc1cc(-c2ccc(Cl)cc2Cl)cnc1F. The summed E-state index contributed by atoms with van der Waals surface area (Å²) >= 11 is 11.8. The quantitative estimate of drug-likeness (QED) is 0.846. The Balaban J connectivity index is 2.53. The van der Waals surface area contributed by atoms with Crippen molar-refractivity contribution >= 4 is 23.2 Å². The van der Waals surface area contributed by atoms with E-state index in [0.717, 1.165) is 0 Å². The molecule has 17 heavy (non-hydrogen) atoms. The lowest BCUT2D eigenvalue weighted by molar-refractivity contribution is 0.274. The van der Waals surface area contributed by atoms with Gasteiger partial charge in [-0.3, -0.25) is 0 Å². The van der Waals surface area contributed by atoms with Crippen LogP contribution >= 0.6 is 23.2 Å². The van der Waals surface area contributed by atoms with Crippen LogP contribution in [0.15, 0.2) is 30.5 Å². The predicted molar refractivity (Wildman–Crippen MR) is 65.6 cm³/mol. The summed E-state index contributed by atoms with van der Waals surface area (Å²) in [5.41, 5.74) is 1.46. The van der Waals surface area contributed by atoms with Gasteiger partial charge in [0.15, 0.2) is 0 Å². The Kier molecular flexibility index (Phi) is 3.62. The molecule has 0 atom stereocenters. The fourth-order valence-corrected chi connectivity index (χ4v) is 1.99. The number of aliphatic hydroxyl groups is 1. The van der Waals surface area contributed by atoms with Gasteiger partial charge in [0.2, 0.25) is 5.95 Å². The lowest BCUT2D eigenvalue weighted by Gasteiger charge is -2.06. The summed E-state index contributed by atoms with van der Waals surface area (Å²) in [4.78, 5) is 3.57. The number of halogens is 3. The topological polar surface area (TPSA) is 33.1 Å². The van der Waals surface area contributed by atoms with Crippen LogP contribution in [-0.4, -0.2) is 10.1 Å². The van der Waals surface area contributed by atoms with Gasteiger partial charge >= 0.3 is 0 Å². The molecule has 0 amide bonds. The van der Waals surface area contributed by atoms with Crippen molar-refractivity contribution in [2.24, 2.45) is 0 Å². The van der Waals surface area contributed by atoms with Gasteiger partial charge in [-0.15, -0.1) is 0 Å². The molecule has 0 bridgehead atoms. The van der Waals surface area contributed by atoms with Crippen LogP contribution < -0.4 is 0 Å². The number of aromatic nitrogens is 1. The van der Waals surface area contributed by atoms with E-state index in [1.54, 1.807) is 18.2 Å². The van der Waals surface area contributed by atoms with Gasteiger partial charge in [-0.05, 0) is 18.2 Å². The number of hydrogen-bond acceptors (Lipinski definition) is 2. The van der Waals surface area contributed by atoms with Crippen molar-refractivity contribution < 1.29 is 9.50 Å². The normalized spacial score (nSPS) is 10.6. The van der Waals surface area contributed by atoms with Gasteiger partial charge < -0.3 is 5.11 Å². The largest absolute Gasteiger partial charge is 0.392 e. The molecule has 1 aromatic heterocycles. The van der Waals surface area contributed by atoms with Crippen LogP contribution in [0.3, 0.4) is 0 Å². The summed E-state index contributed by atoms with van der Waals surface area (Å²) in [5.74, 6) is -0.679. The van der Waals surface area contributed by atoms with Crippen LogP contribution in [0.4, 0.5) is 4.39 Å². The Labute approximate surface area is 108 Å². The van der Waals surface area contributed by atoms with Crippen molar-refractivity contribution in [2.75, 3.05) is 0 Å². The second-order valence-electron chi connectivity index (χ2n) is 3.46. The molecule has 1 aromatic carbocycles. The average Bonchev–Trinajstić information content (AvgIpc) is 2.30. The van der Waals surface area contributed by atoms with E-state index in [-0.39, 0.29) is 5.56 Å². The Hall–Kier alpha value is -1.16. The molecule has 2 aromatic rings. The first-order valence-corrected chi connectivity index (χ1v) is 5.58. The minimum absolute atomic E-state index is 0.133. The van der Waals surface area contributed by atoms with Gasteiger partial charge in [-0.2, -0.15) is 4.39 Å². The Morgan fingerprint density at radius 2 is 2.00 bits per heavy atom. The highest BCUT2D eigenvalue weighted by molar-refractivity contribution is 6.36. The summed E-state index contributed by atoms with van der Waals surface area (Å²) in [6.07, 6.45) is 1.36. The first kappa shape index (κ1) is 12.3. The fourth-order valence-electron chi connectivity index (χ4n) is 1.48. The monoisotopic (exact) mass is 271 g/mol. The number of aliphatic hydroxyl groups excluding tert-OH is 1. The number of rotatable bonds is 2. The van der Waals surface area contributed by atoms with Crippen LogP contribution in [0.1, 0.15) is 5.56 Å². The lowest BCUT2D eigenvalue weighted by Crippen LogP contribution is -1.94. The first-order valence-electron chi connectivity index (χ1n) is 4.82. The zero-order valence-corrected chi connectivity index (χ0v) is 10.1. The van der Waals surface area contributed by atoms with Crippen molar-refractivity contribution in [1.82, 2.24) is 4.98 Å². The van der Waals surface area contributed by atoms with E-state index in [2.05, 4.69) is 4.98 Å². The van der Waals surface area contributed by atoms with Gasteiger partial charge in [0, 0.05) is 32.9 Å². The Bertz CT molecular complexity index is 560. The average molecular weight is 272 g/mol. The van der Waals surface area contributed by atoms with Crippen molar-refractivity contribution in [1.29, 1.82) is 0 Å². The highest BCUT2D eigenvalue weighted by Gasteiger charge is 2.08. The molecular formula is C12H8Cl2FNO. The molecule has 1 heterocycles. The maximum absolute atomic E-state index is 13.1. The molecule has 2 nitrogen and oxygen atoms in total. The fraction of sp³-hybridized carbons (Fsp3) is 0.0833. The Morgan fingerprint density at radius 3 is 2.65 bits per heavy atom. The molecule has 0 aliphatic rings. The van der Waals surface area contributed by atoms with E-state index >= 15 is 0 Å². The van der Waals surface area contributed by atoms with Gasteiger partial charge in [0.25, 0.3) is 0 Å². The molecule has 0 saturated heterocycles. The van der Waals surface area contributed by atoms with Gasteiger partial charge in [0.05, 0.1) is 6.61 Å². The van der Waals surface area contributed by atoms with Crippen LogP contribution in [0.5, 0.6) is 0 Å². The van der Waals surface area contributed by atoms with E-state index in [1.165, 1.54) is 12.3 Å². The number of hydrogen-bond donors (Lipinski definition) is 1. The van der Waals surface area contributed by atoms with Crippen LogP contribution in [-0.2, 0) is 6.61 Å². The number of nitrogens with zero attached hydrogens (tertiary/aromatic N) is 1. The van der Waals surface area contributed by atoms with E-state index in [1.807, 2.05) is 0 Å². The van der Waals surface area contributed by atoms with Gasteiger partial charge in [-0.1, -0.05) is 29.3 Å². The molecule has 0 saturated carbocycles. The molecular weight excluding hydrogens is 264 g/mol. The highest BCUT2D eigenvalue weighted by Crippen LogP contribution is 2.30. The minimum Gasteiger partial charge on any atom is -0.392 e. The van der Waals surface area contributed by atoms with Crippen LogP contribution in [0, 0.1) is 5.95 Å². The molecule has 0 spiro atoms. The minimum atomic E-state index is -0.679. The van der Waals surface area contributed by atoms with Crippen molar-refractivity contribution in [2.45, 2.75) is 6.61 Å². The predicted octanol–water partition coefficient (Wildman–Crippen LogP) is 3.69. The van der Waals surface area contributed by atoms with E-state index in [9.17, 15) is 4.39 Å². The molecule has 88 valence electrons. The summed E-state index contributed by atoms with van der Waals surface area (Å²) in [6, 6.07) is 6.52. The zero-order chi connectivity index (χ0) is 12.4. The van der Waals surface area contributed by atoms with E-state index in [0.29, 0.717) is 21.2 Å². The van der Waals surface area contributed by atoms with Crippen LogP contribution in [0.25, 0.3) is 11.1 Å². The molecule has 0 unspecified atom stereocenters. The molecule has 2 rings (SSSR count). The number of pyridine rings is 1. The molecule has 0 radical (unpaired) electrons. The second kappa shape index (κ2) is 5.00. The van der Waals surface area contributed by atoms with Crippen molar-refractivity contribution in [3.63, 3.8) is 0 Å². The number of benzene rings is 1. The smallest absolute Gasteiger partial charge is 0.218 e. The molecule has 0 fully saturated rings. The first-order chi connectivity index (χ1) is 8.11. The summed E-state index contributed by atoms with van der Waals surface area (Å²) in [5, 5.41) is 9.95. The highest BCUT2D eigenvalue weighted by atomic mass is 35.5. The summed E-state index contributed by atoms with van der Waals surface area (Å²) < 4.78 is 13.1. The molecule has 1 N–H and O–H groups in total. The maximum Gasteiger partial charge on any atom is 0.218 e. The van der Waals surface area contributed by atoms with E-state index in [4.69, 9.17) is 28.3 Å². The second-order valence-corrected chi connectivity index (χ2v) is 4.30. The zero-order valence-electron chi connectivity index (χ0n) is 8.62. The third-order valence-corrected chi connectivity index (χ3v) is 2.87. The lowest BCUT2D eigenvalue weighted by atomic mass is 10.1. The molecule has 0 aliphatic heterocycles. The molecule has 0 aliphatic carbocycles. The third kappa shape index (κ3) is 2.57. The third-order valence-electron chi connectivity index (χ3n) is 2.32. The maximum atomic E-state index is 13.1.